The quantitative estimate of drug-likeness (QED) is 0.755. The molecule has 23 heavy (non-hydrogen) atoms. The molecule has 0 radical (unpaired) electrons. The summed E-state index contributed by atoms with van der Waals surface area (Å²) in [7, 11) is 0. The first-order valence-corrected chi connectivity index (χ1v) is 7.07. The summed E-state index contributed by atoms with van der Waals surface area (Å²) in [4.78, 5) is 20.0. The number of anilines is 1. The van der Waals surface area contributed by atoms with Gasteiger partial charge in [0.05, 0.1) is 5.56 Å². The molecule has 0 bridgehead atoms. The Morgan fingerprint density at radius 1 is 1.17 bits per heavy atom. The maximum Gasteiger partial charge on any atom is 0.259 e. The van der Waals surface area contributed by atoms with Crippen molar-refractivity contribution in [1.82, 2.24) is 20.2 Å². The number of H-pyrrole nitrogens is 1. The SMILES string of the molecule is C[C@H](Oc1ccc(C(=O)Nc2ncn[nH]2)cn1)c1ccccc1. The van der Waals surface area contributed by atoms with Crippen LogP contribution in [0.15, 0.2) is 55.0 Å². The Bertz CT molecular complexity index is 757. The van der Waals surface area contributed by atoms with E-state index in [9.17, 15) is 4.79 Å². The molecule has 0 unspecified atom stereocenters. The fraction of sp³-hybridized carbons (Fsp3) is 0.125. The van der Waals surface area contributed by atoms with Crippen molar-refractivity contribution >= 4 is 11.9 Å². The third-order valence-corrected chi connectivity index (χ3v) is 3.21. The number of nitrogens with one attached hydrogen (secondary N) is 2. The first-order chi connectivity index (χ1) is 11.2. The highest BCUT2D eigenvalue weighted by atomic mass is 16.5. The number of pyridine rings is 1. The smallest absolute Gasteiger partial charge is 0.259 e. The van der Waals surface area contributed by atoms with Crippen molar-refractivity contribution in [3.05, 3.63) is 66.1 Å². The molecule has 116 valence electrons. The number of benzene rings is 1. The summed E-state index contributed by atoms with van der Waals surface area (Å²) in [5.74, 6) is 0.419. The van der Waals surface area contributed by atoms with Gasteiger partial charge in [-0.1, -0.05) is 30.3 Å². The van der Waals surface area contributed by atoms with Crippen molar-refractivity contribution in [1.29, 1.82) is 0 Å². The van der Waals surface area contributed by atoms with Crippen molar-refractivity contribution in [2.75, 3.05) is 5.32 Å². The molecule has 1 aromatic carbocycles. The fourth-order valence-electron chi connectivity index (χ4n) is 2.00. The van der Waals surface area contributed by atoms with Gasteiger partial charge in [0, 0.05) is 12.3 Å². The number of amides is 1. The maximum atomic E-state index is 12.0. The molecule has 2 aromatic heterocycles. The summed E-state index contributed by atoms with van der Waals surface area (Å²) in [6, 6.07) is 13.2. The summed E-state index contributed by atoms with van der Waals surface area (Å²) >= 11 is 0. The monoisotopic (exact) mass is 309 g/mol. The van der Waals surface area contributed by atoms with E-state index < -0.39 is 0 Å². The van der Waals surface area contributed by atoms with E-state index in [1.54, 1.807) is 12.1 Å². The van der Waals surface area contributed by atoms with Gasteiger partial charge in [0.25, 0.3) is 5.91 Å². The van der Waals surface area contributed by atoms with E-state index in [0.29, 0.717) is 11.4 Å². The van der Waals surface area contributed by atoms with E-state index in [1.165, 1.54) is 12.5 Å². The highest BCUT2D eigenvalue weighted by Gasteiger charge is 2.11. The molecule has 0 spiro atoms. The van der Waals surface area contributed by atoms with Gasteiger partial charge >= 0.3 is 0 Å². The van der Waals surface area contributed by atoms with Gasteiger partial charge in [-0.15, -0.1) is 0 Å². The summed E-state index contributed by atoms with van der Waals surface area (Å²) in [5.41, 5.74) is 1.46. The second-order valence-corrected chi connectivity index (χ2v) is 4.84. The lowest BCUT2D eigenvalue weighted by molar-refractivity contribution is 0.102. The molecule has 0 aliphatic carbocycles. The molecule has 1 amide bonds. The topological polar surface area (TPSA) is 92.8 Å². The second-order valence-electron chi connectivity index (χ2n) is 4.84. The molecular weight excluding hydrogens is 294 g/mol. The predicted octanol–water partition coefficient (Wildman–Crippen LogP) is 2.59. The number of nitrogens with zero attached hydrogens (tertiary/aromatic N) is 3. The van der Waals surface area contributed by atoms with Gasteiger partial charge in [-0.05, 0) is 18.6 Å². The minimum Gasteiger partial charge on any atom is -0.470 e. The van der Waals surface area contributed by atoms with Gasteiger partial charge in [-0.2, -0.15) is 10.1 Å². The number of carbonyl (C=O) groups excluding carboxylic acids is 1. The maximum absolute atomic E-state index is 12.0. The van der Waals surface area contributed by atoms with Gasteiger partial charge in [-0.25, -0.2) is 10.1 Å². The second kappa shape index (κ2) is 6.69. The molecule has 1 atom stereocenters. The minimum atomic E-state index is -0.322. The van der Waals surface area contributed by atoms with E-state index >= 15 is 0 Å². The van der Waals surface area contributed by atoms with Crippen LogP contribution in [0, 0.1) is 0 Å². The van der Waals surface area contributed by atoms with E-state index in [2.05, 4.69) is 25.5 Å². The van der Waals surface area contributed by atoms with Crippen molar-refractivity contribution in [3.8, 4) is 5.88 Å². The lowest BCUT2D eigenvalue weighted by atomic mass is 10.1. The van der Waals surface area contributed by atoms with E-state index in [0.717, 1.165) is 5.56 Å². The molecule has 2 heterocycles. The standard InChI is InChI=1S/C16H15N5O2/c1-11(12-5-3-2-4-6-12)23-14-8-7-13(9-17-14)15(22)20-16-18-10-19-21-16/h2-11H,1H3,(H2,18,19,20,21,22)/t11-/m0/s1. The van der Waals surface area contributed by atoms with Crippen LogP contribution in [0.4, 0.5) is 5.95 Å². The molecule has 0 saturated heterocycles. The van der Waals surface area contributed by atoms with Crippen LogP contribution in [-0.2, 0) is 0 Å². The van der Waals surface area contributed by atoms with Gasteiger partial charge in [-0.3, -0.25) is 10.1 Å². The van der Waals surface area contributed by atoms with Crippen LogP contribution in [0.3, 0.4) is 0 Å². The van der Waals surface area contributed by atoms with Crippen molar-refractivity contribution in [2.45, 2.75) is 13.0 Å². The van der Waals surface area contributed by atoms with Gasteiger partial charge in [0.1, 0.15) is 12.4 Å². The molecule has 0 aliphatic rings. The van der Waals surface area contributed by atoms with Crippen LogP contribution in [0.25, 0.3) is 0 Å². The first kappa shape index (κ1) is 14.7. The summed E-state index contributed by atoms with van der Waals surface area (Å²) < 4.78 is 5.77. The third-order valence-electron chi connectivity index (χ3n) is 3.21. The molecular formula is C16H15N5O2. The average Bonchev–Trinajstić information content (AvgIpc) is 3.09. The minimum absolute atomic E-state index is 0.127. The van der Waals surface area contributed by atoms with Gasteiger partial charge in [0.15, 0.2) is 0 Å². The van der Waals surface area contributed by atoms with Crippen molar-refractivity contribution < 1.29 is 9.53 Å². The molecule has 7 nitrogen and oxygen atoms in total. The van der Waals surface area contributed by atoms with Crippen LogP contribution in [0.2, 0.25) is 0 Å². The number of aromatic amines is 1. The van der Waals surface area contributed by atoms with E-state index in [4.69, 9.17) is 4.74 Å². The normalized spacial score (nSPS) is 11.7. The first-order valence-electron chi connectivity index (χ1n) is 7.07. The highest BCUT2D eigenvalue weighted by molar-refractivity contribution is 6.03. The number of hydrogen-bond acceptors (Lipinski definition) is 5. The van der Waals surface area contributed by atoms with Crippen LogP contribution >= 0.6 is 0 Å². The summed E-state index contributed by atoms with van der Waals surface area (Å²) in [6.07, 6.45) is 2.65. The van der Waals surface area contributed by atoms with Gasteiger partial charge in [0.2, 0.25) is 11.8 Å². The van der Waals surface area contributed by atoms with Crippen molar-refractivity contribution in [3.63, 3.8) is 0 Å². The molecule has 2 N–H and O–H groups in total. The summed E-state index contributed by atoms with van der Waals surface area (Å²) in [5, 5.41) is 8.79. The Morgan fingerprint density at radius 3 is 2.65 bits per heavy atom. The third kappa shape index (κ3) is 3.70. The molecule has 0 fully saturated rings. The Hall–Kier alpha value is -3.22. The van der Waals surface area contributed by atoms with Crippen LogP contribution in [-0.4, -0.2) is 26.1 Å². The number of carbonyl (C=O) groups is 1. The molecule has 7 heteroatoms. The molecule has 3 aromatic rings. The highest BCUT2D eigenvalue weighted by Crippen LogP contribution is 2.19. The van der Waals surface area contributed by atoms with E-state index in [1.807, 2.05) is 37.3 Å². The Labute approximate surface area is 132 Å². The number of ether oxygens (including phenoxy) is 1. The van der Waals surface area contributed by atoms with Gasteiger partial charge < -0.3 is 4.74 Å². The summed E-state index contributed by atoms with van der Waals surface area (Å²) in [6.45, 7) is 1.95. The zero-order valence-corrected chi connectivity index (χ0v) is 12.4. The van der Waals surface area contributed by atoms with Crippen LogP contribution in [0.5, 0.6) is 5.88 Å². The van der Waals surface area contributed by atoms with E-state index in [-0.39, 0.29) is 18.0 Å². The number of rotatable bonds is 5. The lowest BCUT2D eigenvalue weighted by Gasteiger charge is -2.14. The number of hydrogen-bond donors (Lipinski definition) is 2. The van der Waals surface area contributed by atoms with Crippen molar-refractivity contribution in [2.24, 2.45) is 0 Å². The molecule has 0 aliphatic heterocycles. The van der Waals surface area contributed by atoms with Crippen LogP contribution < -0.4 is 10.1 Å². The lowest BCUT2D eigenvalue weighted by Crippen LogP contribution is -2.13. The Balaban J connectivity index is 1.64. The zero-order valence-electron chi connectivity index (χ0n) is 12.4. The van der Waals surface area contributed by atoms with Crippen LogP contribution in [0.1, 0.15) is 28.9 Å². The number of aromatic nitrogens is 4. The molecule has 3 rings (SSSR count). The Morgan fingerprint density at radius 2 is 2.00 bits per heavy atom. The predicted molar refractivity (Wildman–Crippen MR) is 84.1 cm³/mol. The zero-order chi connectivity index (χ0) is 16.1. The molecule has 0 saturated carbocycles. The average molecular weight is 309 g/mol. The Kier molecular flexibility index (Phi) is 4.28. The largest absolute Gasteiger partial charge is 0.470 e. The fourth-order valence-corrected chi connectivity index (χ4v) is 2.00.